The molecule has 1 N–H and O–H groups in total. The molecule has 0 unspecified atom stereocenters. The summed E-state index contributed by atoms with van der Waals surface area (Å²) in [4.78, 5) is 11.8. The molecular weight excluding hydrogens is 232 g/mol. The van der Waals surface area contributed by atoms with Crippen LogP contribution in [0.25, 0.3) is 0 Å². The van der Waals surface area contributed by atoms with Gasteiger partial charge in [-0.25, -0.2) is 0 Å². The predicted octanol–water partition coefficient (Wildman–Crippen LogP) is 2.53. The van der Waals surface area contributed by atoms with Crippen molar-refractivity contribution in [2.45, 2.75) is 27.2 Å². The van der Waals surface area contributed by atoms with Crippen molar-refractivity contribution in [1.82, 2.24) is 0 Å². The number of rotatable bonds is 5. The lowest BCUT2D eigenvalue weighted by Gasteiger charge is -2.22. The Morgan fingerprint density at radius 1 is 1.39 bits per heavy atom. The van der Waals surface area contributed by atoms with Crippen LogP contribution in [0.4, 0.5) is 0 Å². The van der Waals surface area contributed by atoms with Gasteiger partial charge in [-0.1, -0.05) is 6.07 Å². The number of phenols is 1. The van der Waals surface area contributed by atoms with Crippen molar-refractivity contribution in [1.29, 1.82) is 0 Å². The number of carbonyl (C=O) groups is 1. The standard InChI is InChI=1S/C14H20O4/c1-5-18-13(16)14(2,3)9-10-6-7-11(15)12(8-10)17-4/h6-8,15H,5,9H2,1-4H3. The average Bonchev–Trinajstić information content (AvgIpc) is 2.31. The lowest BCUT2D eigenvalue weighted by atomic mass is 9.86. The van der Waals surface area contributed by atoms with E-state index >= 15 is 0 Å². The molecule has 4 nitrogen and oxygen atoms in total. The van der Waals surface area contributed by atoms with E-state index in [1.165, 1.54) is 7.11 Å². The largest absolute Gasteiger partial charge is 0.504 e. The molecule has 0 heterocycles. The summed E-state index contributed by atoms with van der Waals surface area (Å²) in [5.41, 5.74) is 0.320. The minimum atomic E-state index is -0.599. The summed E-state index contributed by atoms with van der Waals surface area (Å²) in [7, 11) is 1.50. The molecule has 0 radical (unpaired) electrons. The van der Waals surface area contributed by atoms with Crippen LogP contribution in [0.2, 0.25) is 0 Å². The van der Waals surface area contributed by atoms with E-state index in [0.717, 1.165) is 5.56 Å². The first-order valence-electron chi connectivity index (χ1n) is 5.94. The van der Waals surface area contributed by atoms with E-state index in [1.807, 2.05) is 13.8 Å². The van der Waals surface area contributed by atoms with Crippen LogP contribution >= 0.6 is 0 Å². The summed E-state index contributed by atoms with van der Waals surface area (Å²) in [6.45, 7) is 5.84. The number of hydrogen-bond donors (Lipinski definition) is 1. The topological polar surface area (TPSA) is 55.8 Å². The van der Waals surface area contributed by atoms with Gasteiger partial charge in [0.05, 0.1) is 19.1 Å². The first-order valence-corrected chi connectivity index (χ1v) is 5.94. The minimum absolute atomic E-state index is 0.0928. The van der Waals surface area contributed by atoms with Gasteiger partial charge in [-0.3, -0.25) is 4.79 Å². The van der Waals surface area contributed by atoms with Crippen LogP contribution in [0.1, 0.15) is 26.3 Å². The van der Waals surface area contributed by atoms with Gasteiger partial charge in [-0.15, -0.1) is 0 Å². The third kappa shape index (κ3) is 3.39. The molecule has 0 aliphatic carbocycles. The summed E-state index contributed by atoms with van der Waals surface area (Å²) in [5, 5.41) is 9.51. The second-order valence-corrected chi connectivity index (χ2v) is 4.79. The van der Waals surface area contributed by atoms with Gasteiger partial charge in [0.1, 0.15) is 0 Å². The number of phenolic OH excluding ortho intramolecular Hbond substituents is 1. The maximum atomic E-state index is 11.8. The smallest absolute Gasteiger partial charge is 0.311 e. The summed E-state index contributed by atoms with van der Waals surface area (Å²) in [6, 6.07) is 5.07. The molecule has 100 valence electrons. The summed E-state index contributed by atoms with van der Waals surface area (Å²) >= 11 is 0. The van der Waals surface area contributed by atoms with Gasteiger partial charge in [0, 0.05) is 0 Å². The fraction of sp³-hybridized carbons (Fsp3) is 0.500. The van der Waals surface area contributed by atoms with E-state index < -0.39 is 5.41 Å². The van der Waals surface area contributed by atoms with Gasteiger partial charge in [0.15, 0.2) is 11.5 Å². The second kappa shape index (κ2) is 5.76. The van der Waals surface area contributed by atoms with Crippen LogP contribution in [0.15, 0.2) is 18.2 Å². The van der Waals surface area contributed by atoms with Crippen molar-refractivity contribution >= 4 is 5.97 Å². The molecule has 0 atom stereocenters. The van der Waals surface area contributed by atoms with Gasteiger partial charge in [0.2, 0.25) is 0 Å². The van der Waals surface area contributed by atoms with Crippen LogP contribution in [0.5, 0.6) is 11.5 Å². The Labute approximate surface area is 108 Å². The van der Waals surface area contributed by atoms with Gasteiger partial charge < -0.3 is 14.6 Å². The Morgan fingerprint density at radius 2 is 2.06 bits per heavy atom. The number of esters is 1. The number of hydrogen-bond acceptors (Lipinski definition) is 4. The first-order chi connectivity index (χ1) is 8.40. The van der Waals surface area contributed by atoms with Crippen molar-refractivity contribution in [2.24, 2.45) is 5.41 Å². The van der Waals surface area contributed by atoms with Crippen molar-refractivity contribution in [3.8, 4) is 11.5 Å². The molecule has 0 bridgehead atoms. The Kier molecular flexibility index (Phi) is 4.59. The van der Waals surface area contributed by atoms with Crippen molar-refractivity contribution in [2.75, 3.05) is 13.7 Å². The Hall–Kier alpha value is -1.71. The molecule has 0 spiro atoms. The summed E-state index contributed by atoms with van der Waals surface area (Å²) in [6.07, 6.45) is 0.530. The summed E-state index contributed by atoms with van der Waals surface area (Å²) < 4.78 is 10.1. The third-order valence-corrected chi connectivity index (χ3v) is 2.72. The van der Waals surface area contributed by atoms with E-state index in [-0.39, 0.29) is 11.7 Å². The zero-order chi connectivity index (χ0) is 13.8. The van der Waals surface area contributed by atoms with Crippen LogP contribution in [-0.4, -0.2) is 24.8 Å². The highest BCUT2D eigenvalue weighted by Crippen LogP contribution is 2.30. The highest BCUT2D eigenvalue weighted by Gasteiger charge is 2.29. The third-order valence-electron chi connectivity index (χ3n) is 2.72. The number of aromatic hydroxyl groups is 1. The van der Waals surface area contributed by atoms with Gasteiger partial charge in [0.25, 0.3) is 0 Å². The monoisotopic (exact) mass is 252 g/mol. The fourth-order valence-electron chi connectivity index (χ4n) is 1.74. The maximum absolute atomic E-state index is 11.8. The zero-order valence-corrected chi connectivity index (χ0v) is 11.3. The molecule has 0 amide bonds. The van der Waals surface area contributed by atoms with Crippen LogP contribution in [-0.2, 0) is 16.0 Å². The average molecular weight is 252 g/mol. The first kappa shape index (κ1) is 14.4. The summed E-state index contributed by atoms with van der Waals surface area (Å²) in [5.74, 6) is 0.277. The van der Waals surface area contributed by atoms with Gasteiger partial charge in [-0.2, -0.15) is 0 Å². The van der Waals surface area contributed by atoms with E-state index in [1.54, 1.807) is 25.1 Å². The molecule has 4 heteroatoms. The van der Waals surface area contributed by atoms with Gasteiger partial charge in [-0.05, 0) is 44.9 Å². The molecular formula is C14H20O4. The second-order valence-electron chi connectivity index (χ2n) is 4.79. The van der Waals surface area contributed by atoms with Crippen molar-refractivity contribution in [3.05, 3.63) is 23.8 Å². The van der Waals surface area contributed by atoms with Crippen molar-refractivity contribution in [3.63, 3.8) is 0 Å². The predicted molar refractivity (Wildman–Crippen MR) is 68.8 cm³/mol. The molecule has 1 rings (SSSR count). The molecule has 1 aromatic rings. The van der Waals surface area contributed by atoms with Crippen LogP contribution in [0.3, 0.4) is 0 Å². The maximum Gasteiger partial charge on any atom is 0.311 e. The number of benzene rings is 1. The van der Waals surface area contributed by atoms with E-state index in [0.29, 0.717) is 18.8 Å². The molecule has 0 aliphatic rings. The van der Waals surface area contributed by atoms with Gasteiger partial charge >= 0.3 is 5.97 Å². The SMILES string of the molecule is CCOC(=O)C(C)(C)Cc1ccc(O)c(OC)c1. The fourth-order valence-corrected chi connectivity index (χ4v) is 1.74. The molecule has 0 saturated carbocycles. The highest BCUT2D eigenvalue weighted by molar-refractivity contribution is 5.76. The molecule has 1 aromatic carbocycles. The number of ether oxygens (including phenoxy) is 2. The van der Waals surface area contributed by atoms with Crippen molar-refractivity contribution < 1.29 is 19.4 Å². The van der Waals surface area contributed by atoms with E-state index in [2.05, 4.69) is 0 Å². The number of carbonyl (C=O) groups excluding carboxylic acids is 1. The molecule has 0 aliphatic heterocycles. The lowest BCUT2D eigenvalue weighted by Crippen LogP contribution is -2.28. The number of methoxy groups -OCH3 is 1. The van der Waals surface area contributed by atoms with Crippen LogP contribution in [0, 0.1) is 5.41 Å². The molecule has 0 fully saturated rings. The Bertz CT molecular complexity index is 424. The van der Waals surface area contributed by atoms with Crippen LogP contribution < -0.4 is 4.74 Å². The Morgan fingerprint density at radius 3 is 2.61 bits per heavy atom. The molecule has 0 aromatic heterocycles. The lowest BCUT2D eigenvalue weighted by molar-refractivity contribution is -0.153. The Balaban J connectivity index is 2.86. The zero-order valence-electron chi connectivity index (χ0n) is 11.3. The normalized spacial score (nSPS) is 11.1. The highest BCUT2D eigenvalue weighted by atomic mass is 16.5. The minimum Gasteiger partial charge on any atom is -0.504 e. The quantitative estimate of drug-likeness (QED) is 0.818. The van der Waals surface area contributed by atoms with E-state index in [4.69, 9.17) is 9.47 Å². The molecule has 18 heavy (non-hydrogen) atoms. The van der Waals surface area contributed by atoms with E-state index in [9.17, 15) is 9.90 Å². The molecule has 0 saturated heterocycles.